The van der Waals surface area contributed by atoms with E-state index in [1.807, 2.05) is 26.0 Å². The number of hydrogen-bond acceptors (Lipinski definition) is 2. The zero-order valence-corrected chi connectivity index (χ0v) is 10.4. The molecule has 3 heteroatoms. The van der Waals surface area contributed by atoms with Crippen molar-refractivity contribution in [2.75, 3.05) is 0 Å². The van der Waals surface area contributed by atoms with Gasteiger partial charge in [0.05, 0.1) is 6.10 Å². The van der Waals surface area contributed by atoms with E-state index < -0.39 is 0 Å². The molecule has 0 unspecified atom stereocenters. The van der Waals surface area contributed by atoms with E-state index in [1.165, 1.54) is 6.08 Å². The largest absolute Gasteiger partial charge is 0.460 e. The Hall–Kier alpha value is -0.710. The summed E-state index contributed by atoms with van der Waals surface area (Å²) >= 11 is 0.114. The normalized spacial score (nSPS) is 15.5. The summed E-state index contributed by atoms with van der Waals surface area (Å²) in [6, 6.07) is 0. The molecule has 76 valence electrons. The minimum atomic E-state index is -0.283. The maximum absolute atomic E-state index is 11.1. The summed E-state index contributed by atoms with van der Waals surface area (Å²) in [5, 5.41) is 0. The molecular weight excluding hydrogens is 291 g/mol. The van der Waals surface area contributed by atoms with Crippen LogP contribution in [0, 0.1) is 0 Å². The fraction of sp³-hybridized carbons (Fsp3) is 0.273. The predicted molar refractivity (Wildman–Crippen MR) is 67.7 cm³/mol. The third kappa shape index (κ3) is 4.50. The van der Waals surface area contributed by atoms with Crippen molar-refractivity contribution in [2.24, 2.45) is 0 Å². The number of rotatable bonds is 3. The predicted octanol–water partition coefficient (Wildman–Crippen LogP) is 2.72. The van der Waals surface area contributed by atoms with Crippen LogP contribution in [0.25, 0.3) is 0 Å². The first-order valence-corrected chi connectivity index (χ1v) is 6.88. The van der Waals surface area contributed by atoms with Gasteiger partial charge >= 0.3 is 5.97 Å². The van der Waals surface area contributed by atoms with Crippen LogP contribution >= 0.6 is 20.7 Å². The van der Waals surface area contributed by atoms with E-state index in [-0.39, 0.29) is 32.8 Å². The number of carbonyl (C=O) groups excluding carboxylic acids is 1. The Kier molecular flexibility index (Phi) is 4.79. The Bertz CT molecular complexity index is 322. The van der Waals surface area contributed by atoms with E-state index in [0.717, 1.165) is 5.57 Å². The first-order chi connectivity index (χ1) is 6.68. The van der Waals surface area contributed by atoms with Crippen LogP contribution in [0.3, 0.4) is 0 Å². The number of carbonyl (C=O) groups is 1. The summed E-state index contributed by atoms with van der Waals surface area (Å²) in [5.74, 6) is -0.283. The molecule has 0 aromatic rings. The van der Waals surface area contributed by atoms with Crippen LogP contribution in [0.15, 0.2) is 34.0 Å². The van der Waals surface area contributed by atoms with Gasteiger partial charge < -0.3 is 4.74 Å². The molecule has 2 nitrogen and oxygen atoms in total. The molecule has 1 aliphatic heterocycles. The lowest BCUT2D eigenvalue weighted by atomic mass is 10.2. The van der Waals surface area contributed by atoms with Crippen molar-refractivity contribution in [3.63, 3.8) is 0 Å². The zero-order chi connectivity index (χ0) is 10.4. The summed E-state index contributed by atoms with van der Waals surface area (Å²) in [5.41, 5.74) is 1.05. The van der Waals surface area contributed by atoms with Crippen molar-refractivity contribution in [2.45, 2.75) is 20.0 Å². The van der Waals surface area contributed by atoms with Crippen molar-refractivity contribution >= 4 is 30.7 Å². The van der Waals surface area contributed by atoms with Gasteiger partial charge in [-0.1, -0.05) is 20.7 Å². The monoisotopic (exact) mass is 304 g/mol. The lowest BCUT2D eigenvalue weighted by Gasteiger charge is -2.03. The van der Waals surface area contributed by atoms with Gasteiger partial charge in [-0.2, -0.15) is 0 Å². The Labute approximate surface area is 94.1 Å². The SMILES string of the molecule is CC(C)OC(=O)/C=C/C1=CC=IC=C1. The summed E-state index contributed by atoms with van der Waals surface area (Å²) in [6.07, 6.45) is 7.26. The second-order valence-corrected chi connectivity index (χ2v) is 5.19. The van der Waals surface area contributed by atoms with Gasteiger partial charge in [0.2, 0.25) is 0 Å². The molecule has 14 heavy (non-hydrogen) atoms. The maximum Gasteiger partial charge on any atom is 0.331 e. The topological polar surface area (TPSA) is 26.3 Å². The Morgan fingerprint density at radius 3 is 2.93 bits per heavy atom. The van der Waals surface area contributed by atoms with Crippen molar-refractivity contribution in [1.29, 1.82) is 0 Å². The smallest absolute Gasteiger partial charge is 0.331 e. The van der Waals surface area contributed by atoms with E-state index in [0.29, 0.717) is 0 Å². The standard InChI is InChI=1S/C11H13IO2/c1-9(2)14-11(13)4-3-10-5-7-12-8-6-10/h3-9H,1-2H3/b4-3+. The van der Waals surface area contributed by atoms with Crippen LogP contribution in [0.2, 0.25) is 0 Å². The maximum atomic E-state index is 11.1. The quantitative estimate of drug-likeness (QED) is 0.455. The molecule has 0 fully saturated rings. The van der Waals surface area contributed by atoms with Crippen molar-refractivity contribution in [3.8, 4) is 0 Å². The molecule has 0 radical (unpaired) electrons. The zero-order valence-electron chi connectivity index (χ0n) is 8.24. The lowest BCUT2D eigenvalue weighted by Crippen LogP contribution is -2.08. The van der Waals surface area contributed by atoms with Crippen LogP contribution in [0.1, 0.15) is 13.8 Å². The summed E-state index contributed by atoms with van der Waals surface area (Å²) in [7, 11) is 0. The highest BCUT2D eigenvalue weighted by Gasteiger charge is 1.99. The van der Waals surface area contributed by atoms with E-state index in [9.17, 15) is 4.79 Å². The Balaban J connectivity index is 2.47. The van der Waals surface area contributed by atoms with Crippen molar-refractivity contribution < 1.29 is 9.53 Å². The second kappa shape index (κ2) is 5.90. The average molecular weight is 304 g/mol. The molecule has 0 amide bonds. The molecule has 0 saturated heterocycles. The molecule has 0 aromatic heterocycles. The van der Waals surface area contributed by atoms with Gasteiger partial charge in [0.1, 0.15) is 0 Å². The minimum Gasteiger partial charge on any atom is -0.460 e. The van der Waals surface area contributed by atoms with Gasteiger partial charge in [-0.3, -0.25) is 0 Å². The van der Waals surface area contributed by atoms with Gasteiger partial charge in [-0.15, -0.1) is 0 Å². The van der Waals surface area contributed by atoms with Gasteiger partial charge in [-0.05, 0) is 45.7 Å². The van der Waals surface area contributed by atoms with Crippen molar-refractivity contribution in [1.82, 2.24) is 0 Å². The van der Waals surface area contributed by atoms with E-state index in [4.69, 9.17) is 4.74 Å². The molecule has 0 atom stereocenters. The molecule has 0 bridgehead atoms. The number of halogens is 1. The highest BCUT2D eigenvalue weighted by molar-refractivity contribution is 14.2. The van der Waals surface area contributed by atoms with E-state index >= 15 is 0 Å². The number of allylic oxidation sites excluding steroid dienone is 4. The summed E-state index contributed by atoms with van der Waals surface area (Å²) in [4.78, 5) is 11.1. The van der Waals surface area contributed by atoms with Crippen LogP contribution in [0.4, 0.5) is 0 Å². The molecule has 0 spiro atoms. The molecule has 1 rings (SSSR count). The minimum absolute atomic E-state index is 0.0551. The van der Waals surface area contributed by atoms with Crippen LogP contribution in [-0.4, -0.2) is 16.1 Å². The first kappa shape index (κ1) is 11.4. The number of ether oxygens (including phenoxy) is 1. The van der Waals surface area contributed by atoms with E-state index in [2.05, 4.69) is 8.09 Å². The van der Waals surface area contributed by atoms with Crippen LogP contribution < -0.4 is 0 Å². The lowest BCUT2D eigenvalue weighted by molar-refractivity contribution is -0.141. The fourth-order valence-corrected chi connectivity index (χ4v) is 2.35. The third-order valence-corrected chi connectivity index (χ3v) is 2.97. The Morgan fingerprint density at radius 1 is 1.57 bits per heavy atom. The van der Waals surface area contributed by atoms with Gasteiger partial charge in [-0.25, -0.2) is 4.79 Å². The van der Waals surface area contributed by atoms with Crippen molar-refractivity contribution in [3.05, 3.63) is 34.0 Å². The number of esters is 1. The first-order valence-electron chi connectivity index (χ1n) is 4.39. The summed E-state index contributed by atoms with van der Waals surface area (Å²) < 4.78 is 9.28. The van der Waals surface area contributed by atoms with Gasteiger partial charge in [0, 0.05) is 6.08 Å². The van der Waals surface area contributed by atoms with Crippen LogP contribution in [-0.2, 0) is 9.53 Å². The molecule has 1 heterocycles. The second-order valence-electron chi connectivity index (χ2n) is 3.03. The highest BCUT2D eigenvalue weighted by Crippen LogP contribution is 2.10. The molecule has 0 aromatic carbocycles. The van der Waals surface area contributed by atoms with E-state index in [1.54, 1.807) is 6.08 Å². The molecule has 1 aliphatic rings. The molecule has 0 N–H and O–H groups in total. The third-order valence-electron chi connectivity index (χ3n) is 1.42. The molecule has 0 saturated carbocycles. The fourth-order valence-electron chi connectivity index (χ4n) is 0.863. The average Bonchev–Trinajstić information content (AvgIpc) is 2.15. The van der Waals surface area contributed by atoms with Gasteiger partial charge in [0.25, 0.3) is 0 Å². The van der Waals surface area contributed by atoms with Gasteiger partial charge in [0.15, 0.2) is 0 Å². The Morgan fingerprint density at radius 2 is 2.36 bits per heavy atom. The number of hydrogen-bond donors (Lipinski definition) is 0. The molecular formula is C11H13IO2. The van der Waals surface area contributed by atoms with Crippen LogP contribution in [0.5, 0.6) is 0 Å². The highest BCUT2D eigenvalue weighted by atomic mass is 127. The molecule has 0 aliphatic carbocycles. The summed E-state index contributed by atoms with van der Waals surface area (Å²) in [6.45, 7) is 3.67.